The van der Waals surface area contributed by atoms with Gasteiger partial charge >= 0.3 is 103 Å². The summed E-state index contributed by atoms with van der Waals surface area (Å²) < 4.78 is 16.1. The van der Waals surface area contributed by atoms with E-state index >= 15 is 0 Å². The normalized spacial score (nSPS) is 8.78. The number of hydrogen-bond donors (Lipinski definition) is 1. The maximum absolute atomic E-state index is 12.4. The van der Waals surface area contributed by atoms with Gasteiger partial charge < -0.3 is 30.9 Å². The monoisotopic (exact) mass is 980 g/mol. The fourth-order valence-electron chi connectivity index (χ4n) is 3.60. The molecule has 4 aromatic carbocycles. The number of carbonyl (C=O) groups excluding carboxylic acids is 3. The summed E-state index contributed by atoms with van der Waals surface area (Å²) in [5, 5.41) is 20.7. The number of rotatable bonds is 15. The molecule has 0 atom stereocenters. The molecular formula is C40H41Br3K2O9. The number of halogens is 3. The van der Waals surface area contributed by atoms with E-state index in [1.165, 1.54) is 18.6 Å². The number of benzene rings is 4. The second-order valence-electron chi connectivity index (χ2n) is 9.58. The topological polar surface area (TPSA) is 131 Å². The Morgan fingerprint density at radius 3 is 1.19 bits per heavy atom. The Kier molecular flexibility index (Phi) is 39.3. The zero-order valence-electron chi connectivity index (χ0n) is 30.5. The zero-order valence-corrected chi connectivity index (χ0v) is 40.5. The molecule has 9 nitrogen and oxygen atoms in total. The molecule has 0 aliphatic heterocycles. The van der Waals surface area contributed by atoms with E-state index in [1.54, 1.807) is 72.8 Å². The van der Waals surface area contributed by atoms with E-state index in [-0.39, 0.29) is 149 Å². The van der Waals surface area contributed by atoms with Gasteiger partial charge in [-0.15, -0.1) is 12.8 Å². The molecule has 1 N–H and O–H groups in total. The first-order valence-corrected chi connectivity index (χ1v) is 18.5. The van der Waals surface area contributed by atoms with Crippen LogP contribution in [0.15, 0.2) is 97.1 Å². The number of alkyl halides is 3. The van der Waals surface area contributed by atoms with Gasteiger partial charge in [0.05, 0.1) is 6.61 Å². The van der Waals surface area contributed by atoms with Crippen molar-refractivity contribution in [3.8, 4) is 47.7 Å². The minimum absolute atomic E-state index is 0. The average molecular weight is 984 g/mol. The van der Waals surface area contributed by atoms with Crippen molar-refractivity contribution in [3.63, 3.8) is 0 Å². The number of carbonyl (C=O) groups is 3. The van der Waals surface area contributed by atoms with Gasteiger partial charge in [-0.3, -0.25) is 14.4 Å². The van der Waals surface area contributed by atoms with Crippen LogP contribution in [0.1, 0.15) is 53.5 Å². The molecule has 0 saturated heterocycles. The maximum atomic E-state index is 12.4. The van der Waals surface area contributed by atoms with Crippen LogP contribution in [-0.2, 0) is 9.68 Å². The second kappa shape index (κ2) is 37.3. The summed E-state index contributed by atoms with van der Waals surface area (Å²) in [7, 11) is 0. The standard InChI is InChI=1S/C19H17BrO3.C16H12O3.C3H6Br2.CH2O3.CH4.2K.H/c1-2-13-22-17-8-4-15(5-9-17)19(21)16-6-10-18(11-7-16)23-14-3-12-20;1-2-11-19-15-9-5-13(6-10-15)16(18)12-3-7-14(17)8-4-12;4-2-1-3-5;2-1-4-3;;;;/h1,4-11H,3,12-14H2;1,3-10,17H,11H2;1-3H2;1,3H;1H4;;;/q;;;;;2*+1;-1/p-1. The van der Waals surface area contributed by atoms with Crippen LogP contribution >= 0.6 is 47.8 Å². The summed E-state index contributed by atoms with van der Waals surface area (Å²) in [5.74, 6) is 6.79. The van der Waals surface area contributed by atoms with Crippen molar-refractivity contribution in [2.24, 2.45) is 0 Å². The summed E-state index contributed by atoms with van der Waals surface area (Å²) in [4.78, 5) is 35.8. The molecule has 0 unspecified atom stereocenters. The van der Waals surface area contributed by atoms with Crippen LogP contribution < -0.4 is 122 Å². The number of hydrogen-bond acceptors (Lipinski definition) is 9. The van der Waals surface area contributed by atoms with Crippen molar-refractivity contribution < 1.29 is 148 Å². The molecule has 0 bridgehead atoms. The third-order valence-electron chi connectivity index (χ3n) is 5.98. The Morgan fingerprint density at radius 1 is 0.630 bits per heavy atom. The fourth-order valence-corrected chi connectivity index (χ4v) is 5.14. The van der Waals surface area contributed by atoms with Crippen LogP contribution in [0.25, 0.3) is 0 Å². The Hall–Kier alpha value is -1.32. The van der Waals surface area contributed by atoms with Gasteiger partial charge in [0.1, 0.15) is 36.2 Å². The molecule has 14 heteroatoms. The smallest absolute Gasteiger partial charge is 1.00 e. The molecule has 0 aromatic heterocycles. The molecule has 0 aliphatic rings. The van der Waals surface area contributed by atoms with Crippen LogP contribution in [0.2, 0.25) is 0 Å². The third kappa shape index (κ3) is 25.0. The fraction of sp³-hybridized carbons (Fsp3) is 0.225. The van der Waals surface area contributed by atoms with Crippen LogP contribution in [0, 0.1) is 24.7 Å². The van der Waals surface area contributed by atoms with E-state index in [0.29, 0.717) is 40.4 Å². The molecule has 0 fully saturated rings. The summed E-state index contributed by atoms with van der Waals surface area (Å²) in [6.45, 7) is 0.882. The van der Waals surface area contributed by atoms with Crippen molar-refractivity contribution in [3.05, 3.63) is 119 Å². The minimum Gasteiger partial charge on any atom is -1.00 e. The predicted molar refractivity (Wildman–Crippen MR) is 214 cm³/mol. The number of terminal acetylenes is 2. The van der Waals surface area contributed by atoms with Gasteiger partial charge in [-0.2, -0.15) is 0 Å². The van der Waals surface area contributed by atoms with Gasteiger partial charge in [-0.05, 0) is 110 Å². The van der Waals surface area contributed by atoms with Crippen molar-refractivity contribution in [1.29, 1.82) is 0 Å². The van der Waals surface area contributed by atoms with Crippen molar-refractivity contribution >= 4 is 65.8 Å². The second-order valence-corrected chi connectivity index (χ2v) is 12.0. The van der Waals surface area contributed by atoms with E-state index < -0.39 is 0 Å². The molecule has 4 rings (SSSR count). The molecule has 0 aliphatic carbocycles. The first kappa shape index (κ1) is 57.0. The summed E-state index contributed by atoms with van der Waals surface area (Å²) in [5.41, 5.74) is 2.30. The predicted octanol–water partition coefficient (Wildman–Crippen LogP) is 2.09. The zero-order chi connectivity index (χ0) is 37.7. The molecule has 0 radical (unpaired) electrons. The quantitative estimate of drug-likeness (QED) is 0.0279. The van der Waals surface area contributed by atoms with E-state index in [0.717, 1.165) is 28.2 Å². The van der Waals surface area contributed by atoms with Gasteiger partial charge in [-0.25, -0.2) is 0 Å². The van der Waals surface area contributed by atoms with Crippen molar-refractivity contribution in [1.82, 2.24) is 0 Å². The van der Waals surface area contributed by atoms with Crippen LogP contribution in [-0.4, -0.2) is 59.0 Å². The van der Waals surface area contributed by atoms with Crippen molar-refractivity contribution in [2.75, 3.05) is 35.8 Å². The molecule has 278 valence electrons. The first-order chi connectivity index (χ1) is 24.8. The number of phenolic OH excluding ortho intramolecular Hbond substituents is 1. The Labute approximate surface area is 430 Å². The maximum Gasteiger partial charge on any atom is 1.00 e. The van der Waals surface area contributed by atoms with Crippen LogP contribution in [0.3, 0.4) is 0 Å². The molecule has 0 heterocycles. The Bertz CT molecular complexity index is 1660. The average Bonchev–Trinajstić information content (AvgIpc) is 3.17. The van der Waals surface area contributed by atoms with Gasteiger partial charge in [0, 0.05) is 38.2 Å². The van der Waals surface area contributed by atoms with Gasteiger partial charge in [0.15, 0.2) is 11.6 Å². The van der Waals surface area contributed by atoms with Gasteiger partial charge in [0.25, 0.3) is 6.47 Å². The molecule has 0 saturated carbocycles. The molecule has 0 amide bonds. The van der Waals surface area contributed by atoms with E-state index in [1.807, 2.05) is 12.1 Å². The molecular weight excluding hydrogens is 942 g/mol. The number of ether oxygens (including phenoxy) is 3. The SMILES string of the molecule is BrCCCBr.C.C#CCOc1ccc(C(=O)c2ccc(O)cc2)cc1.C#CCOc1ccc(C(=O)c2ccc(OCCCBr)cc2)cc1.O=CO[O-].[H-].[K+].[K+]. The Balaban J connectivity index is -0.000000368. The number of ketones is 2. The van der Waals surface area contributed by atoms with Gasteiger partial charge in [-0.1, -0.05) is 67.1 Å². The van der Waals surface area contributed by atoms with Gasteiger partial charge in [0.2, 0.25) is 0 Å². The number of phenols is 1. The third-order valence-corrected chi connectivity index (χ3v) is 7.66. The largest absolute Gasteiger partial charge is 1.00 e. The Morgan fingerprint density at radius 2 is 0.926 bits per heavy atom. The summed E-state index contributed by atoms with van der Waals surface area (Å²) in [6, 6.07) is 27.0. The molecule has 4 aromatic rings. The number of aromatic hydroxyl groups is 1. The van der Waals surface area contributed by atoms with Crippen LogP contribution in [0.5, 0.6) is 23.0 Å². The van der Waals surface area contributed by atoms with E-state index in [4.69, 9.17) is 37.1 Å². The van der Waals surface area contributed by atoms with Crippen LogP contribution in [0.4, 0.5) is 0 Å². The molecule has 0 spiro atoms. The summed E-state index contributed by atoms with van der Waals surface area (Å²) in [6.07, 6.45) is 12.4. The van der Waals surface area contributed by atoms with Crippen molar-refractivity contribution in [2.45, 2.75) is 20.3 Å². The van der Waals surface area contributed by atoms with E-state index in [9.17, 15) is 14.7 Å². The first-order valence-electron chi connectivity index (χ1n) is 15.1. The minimum atomic E-state index is -0.181. The van der Waals surface area contributed by atoms with E-state index in [2.05, 4.69) is 64.5 Å². The summed E-state index contributed by atoms with van der Waals surface area (Å²) >= 11 is 9.91. The molecule has 54 heavy (non-hydrogen) atoms.